The number of aromatic nitrogens is 2. The molecule has 0 bridgehead atoms. The van der Waals surface area contributed by atoms with E-state index in [1.165, 1.54) is 14.2 Å². The van der Waals surface area contributed by atoms with Crippen LogP contribution in [-0.2, 0) is 0 Å². The summed E-state index contributed by atoms with van der Waals surface area (Å²) in [5, 5.41) is 7.49. The zero-order valence-corrected chi connectivity index (χ0v) is 15.9. The minimum absolute atomic E-state index is 0.265. The fraction of sp³-hybridized carbons (Fsp3) is 0.300. The number of furan rings is 1. The number of amides is 1. The lowest BCUT2D eigenvalue weighted by Gasteiger charge is -2.19. The van der Waals surface area contributed by atoms with Gasteiger partial charge in [0.2, 0.25) is 0 Å². The van der Waals surface area contributed by atoms with Crippen molar-refractivity contribution in [3.05, 3.63) is 65.4 Å². The Bertz CT molecular complexity index is 893. The van der Waals surface area contributed by atoms with E-state index in [0.717, 1.165) is 11.4 Å². The van der Waals surface area contributed by atoms with Crippen LogP contribution in [0.2, 0.25) is 0 Å². The van der Waals surface area contributed by atoms with Crippen molar-refractivity contribution in [2.75, 3.05) is 20.8 Å². The predicted molar refractivity (Wildman–Crippen MR) is 100 cm³/mol. The summed E-state index contributed by atoms with van der Waals surface area (Å²) >= 11 is 0. The Balaban J connectivity index is 1.87. The summed E-state index contributed by atoms with van der Waals surface area (Å²) in [5.41, 5.74) is 2.24. The number of ether oxygens (including phenoxy) is 2. The van der Waals surface area contributed by atoms with Gasteiger partial charge in [0.15, 0.2) is 0 Å². The first kappa shape index (κ1) is 18.6. The second kappa shape index (κ2) is 7.99. The highest BCUT2D eigenvalue weighted by Gasteiger charge is 2.23. The average Bonchev–Trinajstić information content (AvgIpc) is 3.31. The third-order valence-corrected chi connectivity index (χ3v) is 4.32. The van der Waals surface area contributed by atoms with Gasteiger partial charge < -0.3 is 19.2 Å². The summed E-state index contributed by atoms with van der Waals surface area (Å²) in [5.74, 6) is 1.33. The minimum Gasteiger partial charge on any atom is -0.496 e. The molecule has 3 aromatic rings. The van der Waals surface area contributed by atoms with Crippen LogP contribution < -0.4 is 14.8 Å². The molecular weight excluding hydrogens is 346 g/mol. The van der Waals surface area contributed by atoms with Crippen LogP contribution in [0.25, 0.3) is 0 Å². The van der Waals surface area contributed by atoms with Crippen LogP contribution in [0.1, 0.15) is 33.5 Å². The van der Waals surface area contributed by atoms with E-state index in [1.54, 1.807) is 24.5 Å². The number of rotatable bonds is 7. The van der Waals surface area contributed by atoms with E-state index in [9.17, 15) is 4.79 Å². The monoisotopic (exact) mass is 369 g/mol. The van der Waals surface area contributed by atoms with Crippen molar-refractivity contribution in [1.29, 1.82) is 0 Å². The Morgan fingerprint density at radius 1 is 1.19 bits per heavy atom. The fourth-order valence-corrected chi connectivity index (χ4v) is 3.10. The van der Waals surface area contributed by atoms with E-state index in [2.05, 4.69) is 10.4 Å². The molecule has 0 spiro atoms. The summed E-state index contributed by atoms with van der Waals surface area (Å²) in [4.78, 5) is 12.9. The molecule has 1 aromatic carbocycles. The molecule has 2 heterocycles. The first-order chi connectivity index (χ1) is 13.0. The van der Waals surface area contributed by atoms with Gasteiger partial charge in [0.1, 0.15) is 28.9 Å². The predicted octanol–water partition coefficient (Wildman–Crippen LogP) is 3.13. The molecule has 1 N–H and O–H groups in total. The smallest absolute Gasteiger partial charge is 0.258 e. The van der Waals surface area contributed by atoms with Crippen molar-refractivity contribution in [2.24, 2.45) is 0 Å². The summed E-state index contributed by atoms with van der Waals surface area (Å²) in [6.45, 7) is 4.21. The molecule has 0 radical (unpaired) electrons. The normalized spacial score (nSPS) is 11.9. The van der Waals surface area contributed by atoms with Gasteiger partial charge >= 0.3 is 0 Å². The molecule has 27 heavy (non-hydrogen) atoms. The lowest BCUT2D eigenvalue weighted by Crippen LogP contribution is -2.32. The van der Waals surface area contributed by atoms with Gasteiger partial charge in [0, 0.05) is 12.2 Å². The number of nitrogens with one attached hydrogen (secondary N) is 1. The van der Waals surface area contributed by atoms with Gasteiger partial charge in [-0.1, -0.05) is 6.07 Å². The lowest BCUT2D eigenvalue weighted by molar-refractivity contribution is 0.0941. The van der Waals surface area contributed by atoms with Gasteiger partial charge in [0.25, 0.3) is 5.91 Å². The third kappa shape index (κ3) is 3.81. The fourth-order valence-electron chi connectivity index (χ4n) is 3.10. The maximum absolute atomic E-state index is 12.9. The molecule has 7 heteroatoms. The number of carbonyl (C=O) groups excluding carboxylic acids is 1. The highest BCUT2D eigenvalue weighted by Crippen LogP contribution is 2.28. The summed E-state index contributed by atoms with van der Waals surface area (Å²) in [6, 6.07) is 10.6. The van der Waals surface area contributed by atoms with Crippen molar-refractivity contribution >= 4 is 5.91 Å². The first-order valence-corrected chi connectivity index (χ1v) is 8.60. The number of carbonyl (C=O) groups is 1. The van der Waals surface area contributed by atoms with Gasteiger partial charge in [-0.2, -0.15) is 5.10 Å². The van der Waals surface area contributed by atoms with Crippen LogP contribution in [0.5, 0.6) is 11.5 Å². The second-order valence-electron chi connectivity index (χ2n) is 6.15. The van der Waals surface area contributed by atoms with E-state index in [0.29, 0.717) is 29.4 Å². The average molecular weight is 369 g/mol. The Morgan fingerprint density at radius 2 is 1.89 bits per heavy atom. The first-order valence-electron chi connectivity index (χ1n) is 8.60. The number of methoxy groups -OCH3 is 2. The van der Waals surface area contributed by atoms with Crippen LogP contribution in [0.15, 0.2) is 47.1 Å². The topological polar surface area (TPSA) is 78.5 Å². The van der Waals surface area contributed by atoms with Gasteiger partial charge in [-0.25, -0.2) is 0 Å². The van der Waals surface area contributed by atoms with Gasteiger partial charge in [0.05, 0.1) is 26.2 Å². The number of nitrogens with zero attached hydrogens (tertiary/aromatic N) is 2. The zero-order chi connectivity index (χ0) is 19.4. The third-order valence-electron chi connectivity index (χ3n) is 4.32. The molecule has 1 atom stereocenters. The van der Waals surface area contributed by atoms with Gasteiger partial charge in [-0.3, -0.25) is 9.48 Å². The van der Waals surface area contributed by atoms with E-state index in [1.807, 2.05) is 36.7 Å². The van der Waals surface area contributed by atoms with E-state index in [4.69, 9.17) is 13.9 Å². The van der Waals surface area contributed by atoms with Crippen molar-refractivity contribution in [1.82, 2.24) is 15.1 Å². The quantitative estimate of drug-likeness (QED) is 0.692. The molecule has 0 saturated heterocycles. The number of benzene rings is 1. The Hall–Kier alpha value is -3.22. The Morgan fingerprint density at radius 3 is 2.41 bits per heavy atom. The highest BCUT2D eigenvalue weighted by atomic mass is 16.5. The van der Waals surface area contributed by atoms with Crippen LogP contribution in [0, 0.1) is 13.8 Å². The number of hydrogen-bond donors (Lipinski definition) is 1. The molecule has 0 fully saturated rings. The molecule has 0 aliphatic carbocycles. The summed E-state index contributed by atoms with van der Waals surface area (Å²) < 4.78 is 18.1. The molecule has 142 valence electrons. The van der Waals surface area contributed by atoms with Gasteiger partial charge in [-0.15, -0.1) is 0 Å². The molecule has 7 nitrogen and oxygen atoms in total. The SMILES string of the molecule is COc1cccc(OC)c1C(=O)NCC(c1ccco1)n1nc(C)cc1C. The maximum atomic E-state index is 12.9. The molecule has 1 amide bonds. The van der Waals surface area contributed by atoms with Crippen LogP contribution in [0.4, 0.5) is 0 Å². The Labute approximate surface area is 157 Å². The Kier molecular flexibility index (Phi) is 5.49. The van der Waals surface area contributed by atoms with Crippen molar-refractivity contribution in [3.8, 4) is 11.5 Å². The van der Waals surface area contributed by atoms with Crippen LogP contribution in [0.3, 0.4) is 0 Å². The summed E-state index contributed by atoms with van der Waals surface area (Å²) in [6.07, 6.45) is 1.61. The molecule has 3 rings (SSSR count). The highest BCUT2D eigenvalue weighted by molar-refractivity contribution is 5.99. The van der Waals surface area contributed by atoms with E-state index in [-0.39, 0.29) is 11.9 Å². The number of hydrogen-bond acceptors (Lipinski definition) is 5. The molecule has 0 aliphatic rings. The van der Waals surface area contributed by atoms with Gasteiger partial charge in [-0.05, 0) is 44.2 Å². The minimum atomic E-state index is -0.289. The maximum Gasteiger partial charge on any atom is 0.258 e. The van der Waals surface area contributed by atoms with Crippen LogP contribution >= 0.6 is 0 Å². The van der Waals surface area contributed by atoms with Crippen LogP contribution in [-0.4, -0.2) is 36.5 Å². The summed E-state index contributed by atoms with van der Waals surface area (Å²) in [7, 11) is 3.04. The van der Waals surface area contributed by atoms with E-state index >= 15 is 0 Å². The lowest BCUT2D eigenvalue weighted by atomic mass is 10.1. The second-order valence-corrected chi connectivity index (χ2v) is 6.15. The molecule has 0 aliphatic heterocycles. The standard InChI is InChI=1S/C20H23N3O4/c1-13-11-14(2)23(22-13)15(16-9-6-10-27-16)12-21-20(24)19-17(25-3)7-5-8-18(19)26-4/h5-11,15H,12H2,1-4H3,(H,21,24). The van der Waals surface area contributed by atoms with E-state index < -0.39 is 0 Å². The molecule has 2 aromatic heterocycles. The largest absolute Gasteiger partial charge is 0.496 e. The molecule has 1 unspecified atom stereocenters. The zero-order valence-electron chi connectivity index (χ0n) is 15.9. The van der Waals surface area contributed by atoms with Crippen molar-refractivity contribution in [3.63, 3.8) is 0 Å². The van der Waals surface area contributed by atoms with Crippen molar-refractivity contribution < 1.29 is 18.7 Å². The van der Waals surface area contributed by atoms with Crippen molar-refractivity contribution in [2.45, 2.75) is 19.9 Å². The molecular formula is C20H23N3O4. The number of aryl methyl sites for hydroxylation is 2. The molecule has 0 saturated carbocycles.